The number of hydrogen-bond donors (Lipinski definition) is 2. The molecule has 0 aromatic carbocycles. The Morgan fingerprint density at radius 1 is 1.67 bits per heavy atom. The normalized spacial score (nSPS) is 15.9. The van der Waals surface area contributed by atoms with Crippen LogP contribution in [0, 0.1) is 0 Å². The number of rotatable bonds is 2. The van der Waals surface area contributed by atoms with Crippen LogP contribution in [0.4, 0.5) is 10.5 Å². The van der Waals surface area contributed by atoms with E-state index in [0.717, 1.165) is 0 Å². The summed E-state index contributed by atoms with van der Waals surface area (Å²) in [6.45, 7) is 0.772. The molecule has 0 aliphatic carbocycles. The van der Waals surface area contributed by atoms with Crippen molar-refractivity contribution in [1.29, 1.82) is 0 Å². The van der Waals surface area contributed by atoms with Crippen LogP contribution in [-0.4, -0.2) is 40.3 Å². The number of carbonyl (C=O) groups is 1. The molecule has 2 rings (SSSR count). The Morgan fingerprint density at radius 3 is 3.00 bits per heavy atom. The van der Waals surface area contributed by atoms with Gasteiger partial charge in [0.25, 0.3) is 0 Å². The second kappa shape index (κ2) is 3.64. The molecule has 1 aromatic rings. The topological polar surface area (TPSA) is 88.7 Å². The summed E-state index contributed by atoms with van der Waals surface area (Å²) in [5.74, 6) is 0.556. The third-order valence-corrected chi connectivity index (χ3v) is 2.22. The quantitative estimate of drug-likeness (QED) is 0.736. The number of nitrogens with zero attached hydrogens (tertiary/aromatic N) is 2. The smallest absolute Gasteiger partial charge is 0.407 e. The van der Waals surface area contributed by atoms with E-state index in [2.05, 4.69) is 4.98 Å². The number of pyridine rings is 1. The number of aromatic nitrogens is 1. The maximum absolute atomic E-state index is 10.5. The molecule has 0 atom stereocenters. The fourth-order valence-corrected chi connectivity index (χ4v) is 1.35. The van der Waals surface area contributed by atoms with Crippen molar-refractivity contribution in [2.75, 3.05) is 18.8 Å². The first kappa shape index (κ1) is 9.57. The van der Waals surface area contributed by atoms with E-state index in [1.165, 1.54) is 11.1 Å². The van der Waals surface area contributed by atoms with Crippen molar-refractivity contribution < 1.29 is 14.6 Å². The second-order valence-corrected chi connectivity index (χ2v) is 3.34. The van der Waals surface area contributed by atoms with Gasteiger partial charge in [0.1, 0.15) is 11.9 Å². The average molecular weight is 209 g/mol. The minimum Gasteiger partial charge on any atom is -0.484 e. The number of carboxylic acid groups (broad SMARTS) is 1. The van der Waals surface area contributed by atoms with Crippen molar-refractivity contribution in [1.82, 2.24) is 9.88 Å². The van der Waals surface area contributed by atoms with Crippen molar-refractivity contribution in [3.05, 3.63) is 18.5 Å². The molecule has 0 spiro atoms. The summed E-state index contributed by atoms with van der Waals surface area (Å²) < 4.78 is 5.49. The standard InChI is InChI=1S/C9H11N3O3/c10-7-3-11-2-1-8(7)15-6-4-12(5-6)9(13)14/h1-3,6H,4-5,10H2,(H,13,14). The molecule has 6 heteroatoms. The van der Waals surface area contributed by atoms with Gasteiger partial charge in [0.15, 0.2) is 0 Å². The molecular weight excluding hydrogens is 198 g/mol. The van der Waals surface area contributed by atoms with Crippen LogP contribution in [-0.2, 0) is 0 Å². The summed E-state index contributed by atoms with van der Waals surface area (Å²) in [6.07, 6.45) is 2.06. The molecule has 3 N–H and O–H groups in total. The first-order chi connectivity index (χ1) is 7.16. The monoisotopic (exact) mass is 209 g/mol. The van der Waals surface area contributed by atoms with E-state index in [-0.39, 0.29) is 6.10 Å². The van der Waals surface area contributed by atoms with Crippen molar-refractivity contribution in [3.63, 3.8) is 0 Å². The van der Waals surface area contributed by atoms with Gasteiger partial charge >= 0.3 is 6.09 Å². The molecule has 6 nitrogen and oxygen atoms in total. The van der Waals surface area contributed by atoms with Crippen LogP contribution in [0.3, 0.4) is 0 Å². The summed E-state index contributed by atoms with van der Waals surface area (Å²) in [6, 6.07) is 1.67. The lowest BCUT2D eigenvalue weighted by molar-refractivity contribution is 0.0256. The SMILES string of the molecule is Nc1cnccc1OC1CN(C(=O)O)C1. The molecule has 1 aliphatic heterocycles. The predicted octanol–water partition coefficient (Wildman–Crippen LogP) is 0.405. The number of nitrogen functional groups attached to an aromatic ring is 1. The maximum Gasteiger partial charge on any atom is 0.407 e. The van der Waals surface area contributed by atoms with Gasteiger partial charge in [0.2, 0.25) is 0 Å². The number of amides is 1. The number of hydrogen-bond acceptors (Lipinski definition) is 4. The number of anilines is 1. The largest absolute Gasteiger partial charge is 0.484 e. The molecular formula is C9H11N3O3. The highest BCUT2D eigenvalue weighted by Crippen LogP contribution is 2.23. The lowest BCUT2D eigenvalue weighted by atomic mass is 10.2. The zero-order chi connectivity index (χ0) is 10.8. The summed E-state index contributed by atoms with van der Waals surface area (Å²) in [5, 5.41) is 8.61. The zero-order valence-electron chi connectivity index (χ0n) is 7.96. The molecule has 15 heavy (non-hydrogen) atoms. The van der Waals surface area contributed by atoms with Crippen LogP contribution < -0.4 is 10.5 Å². The highest BCUT2D eigenvalue weighted by molar-refractivity contribution is 5.66. The Morgan fingerprint density at radius 2 is 2.40 bits per heavy atom. The van der Waals surface area contributed by atoms with Gasteiger partial charge in [-0.05, 0) is 0 Å². The van der Waals surface area contributed by atoms with Crippen LogP contribution >= 0.6 is 0 Å². The Labute approximate surface area is 86.3 Å². The van der Waals surface area contributed by atoms with Crippen molar-refractivity contribution in [2.24, 2.45) is 0 Å². The summed E-state index contributed by atoms with van der Waals surface area (Å²) in [4.78, 5) is 15.6. The molecule has 2 heterocycles. The molecule has 0 radical (unpaired) electrons. The first-order valence-corrected chi connectivity index (χ1v) is 4.51. The van der Waals surface area contributed by atoms with Gasteiger partial charge in [-0.1, -0.05) is 0 Å². The van der Waals surface area contributed by atoms with E-state index in [9.17, 15) is 4.79 Å². The maximum atomic E-state index is 10.5. The molecule has 80 valence electrons. The molecule has 1 aromatic heterocycles. The Kier molecular flexibility index (Phi) is 2.32. The van der Waals surface area contributed by atoms with Gasteiger partial charge in [0.05, 0.1) is 25.0 Å². The van der Waals surface area contributed by atoms with Crippen LogP contribution in [0.1, 0.15) is 0 Å². The third kappa shape index (κ3) is 1.93. The van der Waals surface area contributed by atoms with E-state index in [0.29, 0.717) is 24.5 Å². The molecule has 0 saturated carbocycles. The minimum atomic E-state index is -0.919. The average Bonchev–Trinajstić information content (AvgIpc) is 2.12. The van der Waals surface area contributed by atoms with E-state index < -0.39 is 6.09 Å². The van der Waals surface area contributed by atoms with E-state index in [1.54, 1.807) is 12.3 Å². The second-order valence-electron chi connectivity index (χ2n) is 3.34. The molecule has 1 fully saturated rings. The van der Waals surface area contributed by atoms with Gasteiger partial charge in [-0.25, -0.2) is 4.79 Å². The molecule has 1 saturated heterocycles. The summed E-state index contributed by atoms with van der Waals surface area (Å²) >= 11 is 0. The van der Waals surface area contributed by atoms with Crippen LogP contribution in [0.2, 0.25) is 0 Å². The summed E-state index contributed by atoms with van der Waals surface area (Å²) in [7, 11) is 0. The Hall–Kier alpha value is -1.98. The minimum absolute atomic E-state index is 0.106. The molecule has 1 amide bonds. The molecule has 1 aliphatic rings. The summed E-state index contributed by atoms with van der Waals surface area (Å²) in [5.41, 5.74) is 6.09. The first-order valence-electron chi connectivity index (χ1n) is 4.51. The number of ether oxygens (including phenoxy) is 1. The number of likely N-dealkylation sites (tertiary alicyclic amines) is 1. The number of nitrogens with two attached hydrogens (primary N) is 1. The van der Waals surface area contributed by atoms with E-state index in [4.69, 9.17) is 15.6 Å². The van der Waals surface area contributed by atoms with Gasteiger partial charge in [-0.2, -0.15) is 0 Å². The van der Waals surface area contributed by atoms with Crippen molar-refractivity contribution >= 4 is 11.8 Å². The van der Waals surface area contributed by atoms with E-state index >= 15 is 0 Å². The Bertz CT molecular complexity index is 377. The van der Waals surface area contributed by atoms with Gasteiger partial charge in [-0.15, -0.1) is 0 Å². The Balaban J connectivity index is 1.90. The molecule has 0 unspecified atom stereocenters. The zero-order valence-corrected chi connectivity index (χ0v) is 7.96. The fraction of sp³-hybridized carbons (Fsp3) is 0.333. The van der Waals surface area contributed by atoms with Gasteiger partial charge in [-0.3, -0.25) is 4.98 Å². The fourth-order valence-electron chi connectivity index (χ4n) is 1.35. The van der Waals surface area contributed by atoms with Gasteiger partial charge in [0, 0.05) is 12.3 Å². The van der Waals surface area contributed by atoms with Crippen LogP contribution in [0.5, 0.6) is 5.75 Å². The van der Waals surface area contributed by atoms with Gasteiger partial charge < -0.3 is 20.5 Å². The van der Waals surface area contributed by atoms with Crippen LogP contribution in [0.25, 0.3) is 0 Å². The lowest BCUT2D eigenvalue weighted by Gasteiger charge is -2.36. The van der Waals surface area contributed by atoms with Crippen LogP contribution in [0.15, 0.2) is 18.5 Å². The predicted molar refractivity (Wildman–Crippen MR) is 52.7 cm³/mol. The van der Waals surface area contributed by atoms with Crippen molar-refractivity contribution in [2.45, 2.75) is 6.10 Å². The highest BCUT2D eigenvalue weighted by atomic mass is 16.5. The highest BCUT2D eigenvalue weighted by Gasteiger charge is 2.32. The third-order valence-electron chi connectivity index (χ3n) is 2.22. The molecule has 0 bridgehead atoms. The van der Waals surface area contributed by atoms with Crippen molar-refractivity contribution in [3.8, 4) is 5.75 Å². The van der Waals surface area contributed by atoms with E-state index in [1.807, 2.05) is 0 Å². The lowest BCUT2D eigenvalue weighted by Crippen LogP contribution is -2.55.